The van der Waals surface area contributed by atoms with Crippen LogP contribution in [0.4, 0.5) is 14.5 Å². The summed E-state index contributed by atoms with van der Waals surface area (Å²) in [4.78, 5) is 28.6. The Hall–Kier alpha value is -3.33. The van der Waals surface area contributed by atoms with Crippen molar-refractivity contribution in [2.75, 3.05) is 5.32 Å². The zero-order chi connectivity index (χ0) is 22.4. The fourth-order valence-corrected chi connectivity index (χ4v) is 3.25. The summed E-state index contributed by atoms with van der Waals surface area (Å²) >= 11 is 1.35. The molecule has 6 nitrogen and oxygen atoms in total. The number of thiazole rings is 1. The molecule has 0 aliphatic heterocycles. The number of nitrogens with one attached hydrogen (secondary N) is 1. The topological polar surface area (TPSA) is 77.5 Å². The van der Waals surface area contributed by atoms with Crippen LogP contribution in [0.25, 0.3) is 0 Å². The molecule has 0 saturated heterocycles. The van der Waals surface area contributed by atoms with Gasteiger partial charge in [0.05, 0.1) is 17.8 Å². The van der Waals surface area contributed by atoms with Crippen molar-refractivity contribution in [1.82, 2.24) is 4.98 Å². The van der Waals surface area contributed by atoms with Gasteiger partial charge in [0, 0.05) is 11.4 Å². The lowest BCUT2D eigenvalue weighted by Gasteiger charge is -2.13. The minimum Gasteiger partial charge on any atom is -0.486 e. The third kappa shape index (κ3) is 6.58. The van der Waals surface area contributed by atoms with E-state index in [9.17, 15) is 18.4 Å². The van der Waals surface area contributed by atoms with Gasteiger partial charge in [-0.2, -0.15) is 0 Å². The van der Waals surface area contributed by atoms with E-state index in [0.717, 1.165) is 23.4 Å². The van der Waals surface area contributed by atoms with Gasteiger partial charge in [-0.05, 0) is 38.1 Å². The van der Waals surface area contributed by atoms with E-state index in [1.807, 2.05) is 31.2 Å². The van der Waals surface area contributed by atoms with E-state index in [1.165, 1.54) is 18.3 Å². The molecule has 9 heteroatoms. The number of halogens is 2. The molecular weight excluding hydrogens is 426 g/mol. The van der Waals surface area contributed by atoms with Crippen molar-refractivity contribution in [3.05, 3.63) is 75.7 Å². The number of aromatic nitrogens is 1. The number of benzene rings is 2. The monoisotopic (exact) mass is 446 g/mol. The fraction of sp³-hybridized carbons (Fsp3) is 0.227. The van der Waals surface area contributed by atoms with E-state index in [4.69, 9.17) is 9.47 Å². The standard InChI is InChI=1S/C22H20F2N2O4S/c1-13-3-6-17(7-4-13)29-11-20-25-16(12-31-20)10-21(27)30-14(2)22(28)26-19-8-5-15(23)9-18(19)24/h3-9,12,14H,10-11H2,1-2H3,(H,26,28). The molecule has 0 fully saturated rings. The predicted octanol–water partition coefficient (Wildman–Crippen LogP) is 4.42. The lowest BCUT2D eigenvalue weighted by molar-refractivity contribution is -0.152. The molecule has 0 spiro atoms. The minimum atomic E-state index is -1.17. The smallest absolute Gasteiger partial charge is 0.312 e. The molecule has 1 amide bonds. The molecule has 0 aliphatic rings. The van der Waals surface area contributed by atoms with Crippen molar-refractivity contribution in [3.63, 3.8) is 0 Å². The Morgan fingerprint density at radius 3 is 2.61 bits per heavy atom. The van der Waals surface area contributed by atoms with E-state index in [2.05, 4.69) is 10.3 Å². The zero-order valence-corrected chi connectivity index (χ0v) is 17.7. The lowest BCUT2D eigenvalue weighted by Crippen LogP contribution is -2.30. The average Bonchev–Trinajstić information content (AvgIpc) is 3.16. The Balaban J connectivity index is 1.47. The van der Waals surface area contributed by atoms with Crippen LogP contribution in [0.3, 0.4) is 0 Å². The first-order chi connectivity index (χ1) is 14.8. The molecule has 0 radical (unpaired) electrons. The van der Waals surface area contributed by atoms with Crippen LogP contribution in [-0.4, -0.2) is 23.0 Å². The van der Waals surface area contributed by atoms with E-state index >= 15 is 0 Å². The number of aryl methyl sites for hydroxylation is 1. The van der Waals surface area contributed by atoms with E-state index in [-0.39, 0.29) is 18.7 Å². The quantitative estimate of drug-likeness (QED) is 0.519. The maximum atomic E-state index is 13.6. The molecule has 2 aromatic carbocycles. The van der Waals surface area contributed by atoms with Crippen LogP contribution in [0.5, 0.6) is 5.75 Å². The molecule has 1 unspecified atom stereocenters. The third-order valence-corrected chi connectivity index (χ3v) is 5.05. The summed E-state index contributed by atoms with van der Waals surface area (Å²) in [6, 6.07) is 10.4. The molecule has 1 heterocycles. The Labute approximate surface area is 181 Å². The summed E-state index contributed by atoms with van der Waals surface area (Å²) in [5, 5.41) is 4.67. The van der Waals surface area contributed by atoms with Gasteiger partial charge >= 0.3 is 5.97 Å². The zero-order valence-electron chi connectivity index (χ0n) is 16.9. The van der Waals surface area contributed by atoms with Crippen molar-refractivity contribution in [2.24, 2.45) is 0 Å². The summed E-state index contributed by atoms with van der Waals surface area (Å²) < 4.78 is 37.3. The van der Waals surface area contributed by atoms with Gasteiger partial charge in [0.1, 0.15) is 29.0 Å². The molecule has 162 valence electrons. The van der Waals surface area contributed by atoms with E-state index in [0.29, 0.717) is 16.8 Å². The summed E-state index contributed by atoms with van der Waals surface area (Å²) in [7, 11) is 0. The SMILES string of the molecule is Cc1ccc(OCc2nc(CC(=O)OC(C)C(=O)Nc3ccc(F)cc3F)cs2)cc1. The number of rotatable bonds is 8. The normalized spacial score (nSPS) is 11.6. The fourth-order valence-electron chi connectivity index (χ4n) is 2.54. The highest BCUT2D eigenvalue weighted by atomic mass is 32.1. The molecule has 31 heavy (non-hydrogen) atoms. The van der Waals surface area contributed by atoms with Gasteiger partial charge < -0.3 is 14.8 Å². The molecule has 0 bridgehead atoms. The van der Waals surface area contributed by atoms with Gasteiger partial charge in [-0.15, -0.1) is 11.3 Å². The van der Waals surface area contributed by atoms with Gasteiger partial charge in [-0.1, -0.05) is 17.7 Å². The molecule has 3 aromatic rings. The third-order valence-electron chi connectivity index (χ3n) is 4.17. The van der Waals surface area contributed by atoms with Crippen LogP contribution in [0, 0.1) is 18.6 Å². The Kier molecular flexibility index (Phi) is 7.30. The first-order valence-electron chi connectivity index (χ1n) is 9.38. The second-order valence-corrected chi connectivity index (χ2v) is 7.70. The first-order valence-corrected chi connectivity index (χ1v) is 10.3. The predicted molar refractivity (Wildman–Crippen MR) is 112 cm³/mol. The molecule has 1 aromatic heterocycles. The maximum absolute atomic E-state index is 13.6. The average molecular weight is 446 g/mol. The van der Waals surface area contributed by atoms with Crippen molar-refractivity contribution in [2.45, 2.75) is 33.0 Å². The Morgan fingerprint density at radius 2 is 1.90 bits per heavy atom. The van der Waals surface area contributed by atoms with Crippen LogP contribution in [0.15, 0.2) is 47.8 Å². The summed E-state index contributed by atoms with van der Waals surface area (Å²) in [6.07, 6.45) is -1.29. The highest BCUT2D eigenvalue weighted by Gasteiger charge is 2.20. The first kappa shape index (κ1) is 22.4. The highest BCUT2D eigenvalue weighted by molar-refractivity contribution is 7.09. The van der Waals surface area contributed by atoms with Crippen molar-refractivity contribution >= 4 is 28.9 Å². The van der Waals surface area contributed by atoms with Gasteiger partial charge in [0.25, 0.3) is 5.91 Å². The molecule has 1 atom stereocenters. The Bertz CT molecular complexity index is 1070. The maximum Gasteiger partial charge on any atom is 0.312 e. The van der Waals surface area contributed by atoms with Gasteiger partial charge in [-0.25, -0.2) is 13.8 Å². The number of esters is 1. The van der Waals surface area contributed by atoms with Crippen LogP contribution >= 0.6 is 11.3 Å². The summed E-state index contributed by atoms with van der Waals surface area (Å²) in [6.45, 7) is 3.61. The van der Waals surface area contributed by atoms with Crippen LogP contribution < -0.4 is 10.1 Å². The number of carbonyl (C=O) groups excluding carboxylic acids is 2. The van der Waals surface area contributed by atoms with Crippen molar-refractivity contribution in [1.29, 1.82) is 0 Å². The second kappa shape index (κ2) is 10.1. The highest BCUT2D eigenvalue weighted by Crippen LogP contribution is 2.18. The lowest BCUT2D eigenvalue weighted by atomic mass is 10.2. The number of nitrogens with zero attached hydrogens (tertiary/aromatic N) is 1. The summed E-state index contributed by atoms with van der Waals surface area (Å²) in [5.41, 5.74) is 1.43. The molecule has 0 saturated carbocycles. The molecular formula is C22H20F2N2O4S. The molecule has 3 rings (SSSR count). The van der Waals surface area contributed by atoms with Crippen molar-refractivity contribution in [3.8, 4) is 5.75 Å². The Morgan fingerprint density at radius 1 is 1.16 bits per heavy atom. The van der Waals surface area contributed by atoms with E-state index < -0.39 is 29.6 Å². The minimum absolute atomic E-state index is 0.121. The second-order valence-electron chi connectivity index (χ2n) is 6.76. The number of hydrogen-bond acceptors (Lipinski definition) is 6. The molecule has 1 N–H and O–H groups in total. The summed E-state index contributed by atoms with van der Waals surface area (Å²) in [5.74, 6) is -2.35. The number of amides is 1. The number of hydrogen-bond donors (Lipinski definition) is 1. The van der Waals surface area contributed by atoms with Crippen LogP contribution in [-0.2, 0) is 27.4 Å². The van der Waals surface area contributed by atoms with Crippen molar-refractivity contribution < 1.29 is 27.8 Å². The number of anilines is 1. The molecule has 0 aliphatic carbocycles. The van der Waals surface area contributed by atoms with Gasteiger partial charge in [-0.3, -0.25) is 9.59 Å². The van der Waals surface area contributed by atoms with E-state index in [1.54, 1.807) is 5.38 Å². The largest absolute Gasteiger partial charge is 0.486 e. The van der Waals surface area contributed by atoms with Gasteiger partial charge in [0.2, 0.25) is 0 Å². The van der Waals surface area contributed by atoms with Crippen LogP contribution in [0.1, 0.15) is 23.2 Å². The van der Waals surface area contributed by atoms with Gasteiger partial charge in [0.15, 0.2) is 6.10 Å². The number of carbonyl (C=O) groups is 2. The van der Waals surface area contributed by atoms with Crippen LogP contribution in [0.2, 0.25) is 0 Å². The number of ether oxygens (including phenoxy) is 2.